The highest BCUT2D eigenvalue weighted by molar-refractivity contribution is 6.31. The van der Waals surface area contributed by atoms with Gasteiger partial charge in [0.25, 0.3) is 0 Å². The third kappa shape index (κ3) is 4.15. The molecule has 0 atom stereocenters. The van der Waals surface area contributed by atoms with Gasteiger partial charge in [-0.3, -0.25) is 0 Å². The quantitative estimate of drug-likeness (QED) is 0.887. The lowest BCUT2D eigenvalue weighted by molar-refractivity contribution is -0.0796. The number of hydrogen-bond acceptors (Lipinski definition) is 3. The van der Waals surface area contributed by atoms with E-state index < -0.39 is 0 Å². The summed E-state index contributed by atoms with van der Waals surface area (Å²) in [5, 5.41) is 6.12. The lowest BCUT2D eigenvalue weighted by Gasteiger charge is -2.26. The number of ether oxygens (including phenoxy) is 2. The normalized spacial score (nSPS) is 14.0. The van der Waals surface area contributed by atoms with Crippen molar-refractivity contribution < 1.29 is 14.3 Å². The van der Waals surface area contributed by atoms with Gasteiger partial charge in [0.2, 0.25) is 0 Å². The van der Waals surface area contributed by atoms with E-state index in [1.807, 2.05) is 25.1 Å². The minimum atomic E-state index is -0.328. The molecule has 2 amide bonds. The highest BCUT2D eigenvalue weighted by atomic mass is 35.5. The maximum absolute atomic E-state index is 12.0. The molecular formula is C17H17ClN2O3. The summed E-state index contributed by atoms with van der Waals surface area (Å²) in [6, 6.07) is 12.3. The molecule has 120 valence electrons. The number of carbonyl (C=O) groups is 1. The number of anilines is 2. The summed E-state index contributed by atoms with van der Waals surface area (Å²) in [5.74, 6) is 0.759. The minimum Gasteiger partial charge on any atom is -0.486 e. The predicted octanol–water partition coefficient (Wildman–Crippen LogP) is 4.07. The summed E-state index contributed by atoms with van der Waals surface area (Å²) in [4.78, 5) is 12.0. The van der Waals surface area contributed by atoms with E-state index in [0.29, 0.717) is 29.6 Å². The standard InChI is InChI=1S/C17H17ClN2O3/c1-11-2-3-13(8-16(11)18)20-17(21)19-12-4-6-14(7-5-12)23-15-9-22-10-15/h2-8,15H,9-10H2,1H3,(H2,19,20,21). The van der Waals surface area contributed by atoms with Crippen LogP contribution in [0.3, 0.4) is 0 Å². The van der Waals surface area contributed by atoms with Gasteiger partial charge in [0.05, 0.1) is 13.2 Å². The smallest absolute Gasteiger partial charge is 0.323 e. The average molecular weight is 333 g/mol. The number of benzene rings is 2. The molecule has 23 heavy (non-hydrogen) atoms. The Morgan fingerprint density at radius 2 is 1.78 bits per heavy atom. The van der Waals surface area contributed by atoms with Crippen molar-refractivity contribution in [1.82, 2.24) is 0 Å². The summed E-state index contributed by atoms with van der Waals surface area (Å²) >= 11 is 6.04. The number of nitrogens with one attached hydrogen (secondary N) is 2. The van der Waals surface area contributed by atoms with Crippen LogP contribution in [-0.2, 0) is 4.74 Å². The molecule has 0 aliphatic carbocycles. The molecule has 3 rings (SSSR count). The molecule has 1 aliphatic heterocycles. The molecule has 6 heteroatoms. The fraction of sp³-hybridized carbons (Fsp3) is 0.235. The van der Waals surface area contributed by atoms with Gasteiger partial charge in [-0.05, 0) is 48.9 Å². The molecule has 0 spiro atoms. The second-order valence-corrected chi connectivity index (χ2v) is 5.75. The van der Waals surface area contributed by atoms with E-state index in [0.717, 1.165) is 11.3 Å². The Labute approximate surface area is 139 Å². The number of carbonyl (C=O) groups excluding carboxylic acids is 1. The molecule has 2 N–H and O–H groups in total. The maximum atomic E-state index is 12.0. The van der Waals surface area contributed by atoms with E-state index in [1.54, 1.807) is 24.3 Å². The first-order chi connectivity index (χ1) is 11.1. The third-order valence-electron chi connectivity index (χ3n) is 3.45. The first kappa shape index (κ1) is 15.6. The molecule has 1 fully saturated rings. The zero-order chi connectivity index (χ0) is 16.2. The Morgan fingerprint density at radius 1 is 1.13 bits per heavy atom. The van der Waals surface area contributed by atoms with Crippen molar-refractivity contribution >= 4 is 29.0 Å². The zero-order valence-corrected chi connectivity index (χ0v) is 13.4. The summed E-state index contributed by atoms with van der Waals surface area (Å²) < 4.78 is 10.7. The largest absolute Gasteiger partial charge is 0.486 e. The van der Waals surface area contributed by atoms with Gasteiger partial charge in [-0.25, -0.2) is 4.79 Å². The van der Waals surface area contributed by atoms with Crippen molar-refractivity contribution in [2.24, 2.45) is 0 Å². The summed E-state index contributed by atoms with van der Waals surface area (Å²) in [7, 11) is 0. The van der Waals surface area contributed by atoms with Gasteiger partial charge in [-0.2, -0.15) is 0 Å². The average Bonchev–Trinajstić information content (AvgIpc) is 2.48. The van der Waals surface area contributed by atoms with Gasteiger partial charge >= 0.3 is 6.03 Å². The molecule has 0 radical (unpaired) electrons. The van der Waals surface area contributed by atoms with Crippen LogP contribution < -0.4 is 15.4 Å². The van der Waals surface area contributed by atoms with Crippen molar-refractivity contribution in [3.8, 4) is 5.75 Å². The molecular weight excluding hydrogens is 316 g/mol. The van der Waals surface area contributed by atoms with Crippen molar-refractivity contribution in [2.45, 2.75) is 13.0 Å². The number of aryl methyl sites for hydroxylation is 1. The molecule has 1 heterocycles. The van der Waals surface area contributed by atoms with Crippen LogP contribution in [-0.4, -0.2) is 25.3 Å². The zero-order valence-electron chi connectivity index (χ0n) is 12.6. The predicted molar refractivity (Wildman–Crippen MR) is 90.5 cm³/mol. The fourth-order valence-electron chi connectivity index (χ4n) is 2.06. The first-order valence-corrected chi connectivity index (χ1v) is 7.66. The van der Waals surface area contributed by atoms with E-state index in [2.05, 4.69) is 10.6 Å². The number of rotatable bonds is 4. The molecule has 0 saturated carbocycles. The molecule has 1 aliphatic rings. The third-order valence-corrected chi connectivity index (χ3v) is 3.86. The van der Waals surface area contributed by atoms with Crippen LogP contribution >= 0.6 is 11.6 Å². The molecule has 0 bridgehead atoms. The molecule has 2 aromatic carbocycles. The Hall–Kier alpha value is -2.24. The van der Waals surface area contributed by atoms with Gasteiger partial charge in [0.1, 0.15) is 11.9 Å². The minimum absolute atomic E-state index is 0.128. The van der Waals surface area contributed by atoms with Crippen molar-refractivity contribution in [3.05, 3.63) is 53.1 Å². The van der Waals surface area contributed by atoms with Crippen molar-refractivity contribution in [1.29, 1.82) is 0 Å². The SMILES string of the molecule is Cc1ccc(NC(=O)Nc2ccc(OC3COC3)cc2)cc1Cl. The molecule has 5 nitrogen and oxygen atoms in total. The fourth-order valence-corrected chi connectivity index (χ4v) is 2.24. The molecule has 1 saturated heterocycles. The molecule has 2 aromatic rings. The Bertz CT molecular complexity index is 699. The second-order valence-electron chi connectivity index (χ2n) is 5.34. The van der Waals surface area contributed by atoms with Crippen LogP contribution in [0.25, 0.3) is 0 Å². The summed E-state index contributed by atoms with van der Waals surface area (Å²) in [6.45, 7) is 3.16. The number of amides is 2. The first-order valence-electron chi connectivity index (χ1n) is 7.29. The summed E-state index contributed by atoms with van der Waals surface area (Å²) in [5.41, 5.74) is 2.28. The molecule has 0 aromatic heterocycles. The van der Waals surface area contributed by atoms with Crippen LogP contribution in [0, 0.1) is 6.92 Å². The van der Waals surface area contributed by atoms with Gasteiger partial charge in [0, 0.05) is 16.4 Å². The van der Waals surface area contributed by atoms with E-state index in [-0.39, 0.29) is 12.1 Å². The lowest BCUT2D eigenvalue weighted by atomic mass is 10.2. The van der Waals surface area contributed by atoms with Crippen LogP contribution in [0.5, 0.6) is 5.75 Å². The topological polar surface area (TPSA) is 59.6 Å². The van der Waals surface area contributed by atoms with Gasteiger partial charge in [-0.1, -0.05) is 17.7 Å². The van der Waals surface area contributed by atoms with Crippen molar-refractivity contribution in [2.75, 3.05) is 23.8 Å². The van der Waals surface area contributed by atoms with E-state index in [4.69, 9.17) is 21.1 Å². The van der Waals surface area contributed by atoms with Gasteiger partial charge in [-0.15, -0.1) is 0 Å². The Morgan fingerprint density at radius 3 is 2.39 bits per heavy atom. The van der Waals surface area contributed by atoms with Crippen LogP contribution in [0.15, 0.2) is 42.5 Å². The van der Waals surface area contributed by atoms with Crippen LogP contribution in [0.1, 0.15) is 5.56 Å². The highest BCUT2D eigenvalue weighted by Gasteiger charge is 2.19. The molecule has 0 unspecified atom stereocenters. The number of hydrogen-bond donors (Lipinski definition) is 2. The monoisotopic (exact) mass is 332 g/mol. The summed E-state index contributed by atoms with van der Waals surface area (Å²) in [6.07, 6.45) is 0.128. The lowest BCUT2D eigenvalue weighted by Crippen LogP contribution is -2.38. The Kier molecular flexibility index (Phi) is 4.69. The van der Waals surface area contributed by atoms with Crippen molar-refractivity contribution in [3.63, 3.8) is 0 Å². The Balaban J connectivity index is 1.55. The second kappa shape index (κ2) is 6.89. The van der Waals surface area contributed by atoms with E-state index >= 15 is 0 Å². The van der Waals surface area contributed by atoms with Crippen LogP contribution in [0.2, 0.25) is 5.02 Å². The van der Waals surface area contributed by atoms with Crippen LogP contribution in [0.4, 0.5) is 16.2 Å². The highest BCUT2D eigenvalue weighted by Crippen LogP contribution is 2.21. The van der Waals surface area contributed by atoms with E-state index in [9.17, 15) is 4.79 Å². The van der Waals surface area contributed by atoms with Gasteiger partial charge < -0.3 is 20.1 Å². The number of halogens is 1. The van der Waals surface area contributed by atoms with Gasteiger partial charge in [0.15, 0.2) is 0 Å². The number of urea groups is 1. The van der Waals surface area contributed by atoms with E-state index in [1.165, 1.54) is 0 Å². The maximum Gasteiger partial charge on any atom is 0.323 e.